The summed E-state index contributed by atoms with van der Waals surface area (Å²) in [6, 6.07) is 0. The predicted molar refractivity (Wildman–Crippen MR) is 145 cm³/mol. The number of fused-ring (bicyclic) bond motifs is 1. The molecule has 0 fully saturated rings. The lowest BCUT2D eigenvalue weighted by Crippen LogP contribution is -2.33. The Hall–Kier alpha value is -1.53. The Bertz CT molecular complexity index is 837. The molecule has 5 nitrogen and oxygen atoms in total. The summed E-state index contributed by atoms with van der Waals surface area (Å²) in [7, 11) is -0.693. The topological polar surface area (TPSA) is 67.6 Å². The number of anilines is 3. The van der Waals surface area contributed by atoms with Crippen LogP contribution in [0.25, 0.3) is 0 Å². The second-order valence-corrected chi connectivity index (χ2v) is 14.1. The lowest BCUT2D eigenvalue weighted by molar-refractivity contribution is -0.123. The van der Waals surface area contributed by atoms with Crippen molar-refractivity contribution in [2.45, 2.75) is 107 Å². The van der Waals surface area contributed by atoms with Crippen molar-refractivity contribution in [3.63, 3.8) is 0 Å². The highest BCUT2D eigenvalue weighted by atomic mass is 28.3. The molecule has 0 bridgehead atoms. The van der Waals surface area contributed by atoms with Gasteiger partial charge in [-0.05, 0) is 68.3 Å². The smallest absolute Gasteiger partial charge is 0.229 e. The summed E-state index contributed by atoms with van der Waals surface area (Å²) in [4.78, 5) is 15.3. The van der Waals surface area contributed by atoms with E-state index in [1.165, 1.54) is 29.7 Å². The number of hydrogen-bond acceptors (Lipinski definition) is 4. The molecule has 187 valence electrons. The lowest BCUT2D eigenvalue weighted by Gasteiger charge is -2.32. The van der Waals surface area contributed by atoms with E-state index in [1.54, 1.807) is 0 Å². The van der Waals surface area contributed by atoms with Gasteiger partial charge in [0, 0.05) is 30.3 Å². The van der Waals surface area contributed by atoms with Crippen molar-refractivity contribution < 1.29 is 9.22 Å². The van der Waals surface area contributed by atoms with Crippen LogP contribution in [0.5, 0.6) is 0 Å². The fourth-order valence-electron chi connectivity index (χ4n) is 4.54. The van der Waals surface area contributed by atoms with E-state index >= 15 is 0 Å². The highest BCUT2D eigenvalue weighted by molar-refractivity contribution is 6.48. The van der Waals surface area contributed by atoms with E-state index in [2.05, 4.69) is 51.0 Å². The number of nitrogen functional groups attached to an aromatic ring is 1. The number of hydrogen-bond donors (Lipinski definition) is 2. The average Bonchev–Trinajstić information content (AvgIpc) is 3.10. The van der Waals surface area contributed by atoms with Crippen molar-refractivity contribution in [1.82, 2.24) is 0 Å². The number of rotatable bonds is 9. The van der Waals surface area contributed by atoms with Crippen molar-refractivity contribution in [2.75, 3.05) is 29.0 Å². The fraction of sp³-hybridized carbons (Fsp3) is 0.741. The molecule has 0 aliphatic carbocycles. The van der Waals surface area contributed by atoms with Gasteiger partial charge in [-0.2, -0.15) is 0 Å². The standard InChI is InChI=1S/C27H48N3O2Si/c1-18-20-15-17-30(16-13-11-12-14-21(26(3,4)5)32-33(9)10)24(20)23(19(2)22(18)28)29-25(31)27(6,7)8/h21H,11-17,28H2,1-10H3,(H,29,31). The van der Waals surface area contributed by atoms with Gasteiger partial charge in [-0.15, -0.1) is 0 Å². The van der Waals surface area contributed by atoms with E-state index in [9.17, 15) is 4.79 Å². The van der Waals surface area contributed by atoms with Gasteiger partial charge in [0.25, 0.3) is 0 Å². The van der Waals surface area contributed by atoms with Crippen LogP contribution in [0.2, 0.25) is 13.1 Å². The fourth-order valence-corrected chi connectivity index (χ4v) is 5.58. The van der Waals surface area contributed by atoms with E-state index < -0.39 is 14.5 Å². The maximum atomic E-state index is 12.8. The monoisotopic (exact) mass is 474 g/mol. The minimum absolute atomic E-state index is 0.0314. The summed E-state index contributed by atoms with van der Waals surface area (Å²) in [6.07, 6.45) is 5.96. The zero-order valence-corrected chi connectivity index (χ0v) is 23.9. The zero-order chi connectivity index (χ0) is 25.1. The van der Waals surface area contributed by atoms with Gasteiger partial charge < -0.3 is 20.4 Å². The minimum atomic E-state index is -0.693. The quantitative estimate of drug-likeness (QED) is 0.244. The Balaban J connectivity index is 2.09. The van der Waals surface area contributed by atoms with E-state index in [4.69, 9.17) is 10.2 Å². The van der Waals surface area contributed by atoms with Gasteiger partial charge in [0.1, 0.15) is 0 Å². The van der Waals surface area contributed by atoms with Crippen LogP contribution in [-0.2, 0) is 15.6 Å². The Morgan fingerprint density at radius 1 is 1.09 bits per heavy atom. The summed E-state index contributed by atoms with van der Waals surface area (Å²) in [5.74, 6) is 0.0314. The van der Waals surface area contributed by atoms with Gasteiger partial charge in [-0.1, -0.05) is 54.4 Å². The van der Waals surface area contributed by atoms with E-state index in [0.717, 1.165) is 49.3 Å². The van der Waals surface area contributed by atoms with Crippen LogP contribution in [0, 0.1) is 24.7 Å². The van der Waals surface area contributed by atoms with Crippen LogP contribution in [0.4, 0.5) is 17.1 Å². The van der Waals surface area contributed by atoms with Crippen molar-refractivity contribution in [3.8, 4) is 0 Å². The molecule has 1 heterocycles. The first-order chi connectivity index (χ1) is 15.1. The number of nitrogens with zero attached hydrogens (tertiary/aromatic N) is 1. The minimum Gasteiger partial charge on any atom is -0.414 e. The molecule has 3 N–H and O–H groups in total. The van der Waals surface area contributed by atoms with Crippen LogP contribution >= 0.6 is 0 Å². The van der Waals surface area contributed by atoms with Gasteiger partial charge >= 0.3 is 0 Å². The second-order valence-electron chi connectivity index (χ2n) is 12.0. The number of unbranched alkanes of at least 4 members (excludes halogenated alkanes) is 2. The molecule has 33 heavy (non-hydrogen) atoms. The number of nitrogens with one attached hydrogen (secondary N) is 1. The van der Waals surface area contributed by atoms with Gasteiger partial charge in [0.2, 0.25) is 14.9 Å². The molecule has 0 aromatic heterocycles. The zero-order valence-electron chi connectivity index (χ0n) is 22.9. The van der Waals surface area contributed by atoms with Crippen molar-refractivity contribution >= 4 is 32.0 Å². The number of carbonyl (C=O) groups excluding carboxylic acids is 1. The Kier molecular flexibility index (Phi) is 9.08. The number of carbonyl (C=O) groups is 1. The molecule has 1 aliphatic rings. The molecule has 1 aromatic rings. The number of nitrogens with two attached hydrogens (primary N) is 1. The van der Waals surface area contributed by atoms with Gasteiger partial charge in [0.15, 0.2) is 0 Å². The van der Waals surface area contributed by atoms with Crippen LogP contribution in [0.3, 0.4) is 0 Å². The predicted octanol–water partition coefficient (Wildman–Crippen LogP) is 6.48. The second kappa shape index (κ2) is 10.8. The molecular weight excluding hydrogens is 426 g/mol. The number of benzene rings is 1. The average molecular weight is 475 g/mol. The first kappa shape index (κ1) is 27.7. The highest BCUT2D eigenvalue weighted by Gasteiger charge is 2.31. The third kappa shape index (κ3) is 6.98. The molecule has 0 spiro atoms. The van der Waals surface area contributed by atoms with Crippen molar-refractivity contribution in [2.24, 2.45) is 10.8 Å². The summed E-state index contributed by atoms with van der Waals surface area (Å²) >= 11 is 0. The van der Waals surface area contributed by atoms with Crippen LogP contribution in [0.15, 0.2) is 0 Å². The SMILES string of the molecule is Cc1c(N)c(C)c(NC(=O)C(C)(C)C)c2c1CCN2CCCCCC(O[Si](C)C)C(C)(C)C. The van der Waals surface area contributed by atoms with Gasteiger partial charge in [0.05, 0.1) is 11.4 Å². The highest BCUT2D eigenvalue weighted by Crippen LogP contribution is 2.44. The van der Waals surface area contributed by atoms with Gasteiger partial charge in [-0.25, -0.2) is 0 Å². The molecule has 1 atom stereocenters. The molecule has 1 unspecified atom stereocenters. The van der Waals surface area contributed by atoms with E-state index in [0.29, 0.717) is 6.10 Å². The summed E-state index contributed by atoms with van der Waals surface area (Å²) in [5.41, 5.74) is 12.5. The largest absolute Gasteiger partial charge is 0.414 e. The van der Waals surface area contributed by atoms with Crippen molar-refractivity contribution in [3.05, 3.63) is 16.7 Å². The first-order valence-electron chi connectivity index (χ1n) is 12.6. The maximum absolute atomic E-state index is 12.8. The van der Waals surface area contributed by atoms with Crippen LogP contribution in [0.1, 0.15) is 83.9 Å². The first-order valence-corrected chi connectivity index (χ1v) is 15.0. The third-order valence-electron chi connectivity index (χ3n) is 6.76. The molecule has 6 heteroatoms. The summed E-state index contributed by atoms with van der Waals surface area (Å²) < 4.78 is 6.30. The molecular formula is C27H48N3O2Si. The molecule has 0 saturated heterocycles. The maximum Gasteiger partial charge on any atom is 0.229 e. The Labute approximate surface area is 204 Å². The Morgan fingerprint density at radius 3 is 2.27 bits per heavy atom. The summed E-state index contributed by atoms with van der Waals surface area (Å²) in [5, 5.41) is 3.23. The van der Waals surface area contributed by atoms with E-state index in [1.807, 2.05) is 27.7 Å². The molecule has 2 rings (SSSR count). The van der Waals surface area contributed by atoms with Crippen molar-refractivity contribution in [1.29, 1.82) is 0 Å². The molecule has 1 aliphatic heterocycles. The Morgan fingerprint density at radius 2 is 1.73 bits per heavy atom. The van der Waals surface area contributed by atoms with Gasteiger partial charge in [-0.3, -0.25) is 4.79 Å². The lowest BCUT2D eigenvalue weighted by atomic mass is 9.86. The molecule has 1 amide bonds. The molecule has 0 saturated carbocycles. The van der Waals surface area contributed by atoms with Crippen LogP contribution < -0.4 is 16.0 Å². The van der Waals surface area contributed by atoms with E-state index in [-0.39, 0.29) is 11.3 Å². The molecule has 1 radical (unpaired) electrons. The van der Waals surface area contributed by atoms with Crippen LogP contribution in [-0.4, -0.2) is 34.1 Å². The molecule has 1 aromatic carbocycles. The third-order valence-corrected chi connectivity index (χ3v) is 7.52. The summed E-state index contributed by atoms with van der Waals surface area (Å²) in [6.45, 7) is 23.3. The number of amides is 1. The normalized spacial score (nSPS) is 15.2.